The maximum absolute atomic E-state index is 13.0. The molecule has 0 radical (unpaired) electrons. The number of benzene rings is 1. The van der Waals surface area contributed by atoms with Gasteiger partial charge in [-0.25, -0.2) is 0 Å². The summed E-state index contributed by atoms with van der Waals surface area (Å²) in [5.74, 6) is -0.640. The van der Waals surface area contributed by atoms with Gasteiger partial charge in [0.05, 0.1) is 25.6 Å². The highest BCUT2D eigenvalue weighted by molar-refractivity contribution is 5.97. The van der Waals surface area contributed by atoms with Crippen LogP contribution in [0.1, 0.15) is 51.0 Å². The topological polar surface area (TPSA) is 95.9 Å². The number of amides is 1. The van der Waals surface area contributed by atoms with E-state index in [1.165, 1.54) is 7.11 Å². The number of anilines is 1. The first-order chi connectivity index (χ1) is 11.9. The first-order valence-electron chi connectivity index (χ1n) is 8.71. The quantitative estimate of drug-likeness (QED) is 0.702. The molecule has 6 heteroatoms. The Bertz CT molecular complexity index is 624. The van der Waals surface area contributed by atoms with E-state index in [4.69, 9.17) is 4.74 Å². The Kier molecular flexibility index (Phi) is 6.42. The zero-order valence-electron chi connectivity index (χ0n) is 14.9. The van der Waals surface area contributed by atoms with Gasteiger partial charge < -0.3 is 20.3 Å². The zero-order valence-corrected chi connectivity index (χ0v) is 14.9. The highest BCUT2D eigenvalue weighted by Gasteiger charge is 2.43. The van der Waals surface area contributed by atoms with Crippen molar-refractivity contribution < 1.29 is 24.5 Å². The molecule has 1 fully saturated rings. The van der Waals surface area contributed by atoms with Gasteiger partial charge in [-0.15, -0.1) is 0 Å². The molecule has 1 aromatic carbocycles. The first kappa shape index (κ1) is 19.2. The van der Waals surface area contributed by atoms with Gasteiger partial charge in [0.2, 0.25) is 5.91 Å². The number of nitrogens with one attached hydrogen (secondary N) is 1. The molecule has 0 heterocycles. The predicted molar refractivity (Wildman–Crippen MR) is 94.5 cm³/mol. The molecule has 0 bridgehead atoms. The molecule has 25 heavy (non-hydrogen) atoms. The Hall–Kier alpha value is -2.08. The molecule has 1 atom stereocenters. The zero-order chi connectivity index (χ0) is 18.4. The number of ether oxygens (including phenoxy) is 1. The molecule has 3 N–H and O–H groups in total. The number of methoxy groups -OCH3 is 1. The minimum Gasteiger partial charge on any atom is -0.496 e. The lowest BCUT2D eigenvalue weighted by Gasteiger charge is -2.37. The number of aliphatic carboxylic acids is 1. The summed E-state index contributed by atoms with van der Waals surface area (Å²) in [7, 11) is 1.51. The molecule has 6 nitrogen and oxygen atoms in total. The van der Waals surface area contributed by atoms with E-state index in [1.54, 1.807) is 25.1 Å². The van der Waals surface area contributed by atoms with Crippen LogP contribution in [0.15, 0.2) is 18.2 Å². The summed E-state index contributed by atoms with van der Waals surface area (Å²) >= 11 is 0. The van der Waals surface area contributed by atoms with Gasteiger partial charge in [-0.05, 0) is 43.9 Å². The van der Waals surface area contributed by atoms with Crippen LogP contribution < -0.4 is 10.1 Å². The molecule has 1 saturated carbocycles. The molecule has 0 spiro atoms. The van der Waals surface area contributed by atoms with Crippen LogP contribution in [0, 0.1) is 11.3 Å². The Morgan fingerprint density at radius 1 is 1.28 bits per heavy atom. The fraction of sp³-hybridized carbons (Fsp3) is 0.579. The van der Waals surface area contributed by atoms with E-state index >= 15 is 0 Å². The Morgan fingerprint density at radius 3 is 2.52 bits per heavy atom. The molecule has 1 aromatic rings. The molecule has 1 aliphatic rings. The van der Waals surface area contributed by atoms with Crippen LogP contribution >= 0.6 is 0 Å². The lowest BCUT2D eigenvalue weighted by atomic mass is 9.67. The molecule has 1 amide bonds. The summed E-state index contributed by atoms with van der Waals surface area (Å²) in [5, 5.41) is 21.6. The third-order valence-electron chi connectivity index (χ3n) is 5.25. The van der Waals surface area contributed by atoms with Gasteiger partial charge in [0.15, 0.2) is 0 Å². The number of aliphatic hydroxyl groups excluding tert-OH is 1. The van der Waals surface area contributed by atoms with Gasteiger partial charge >= 0.3 is 5.97 Å². The third kappa shape index (κ3) is 4.51. The van der Waals surface area contributed by atoms with E-state index < -0.39 is 11.4 Å². The standard InChI is InChI=1S/C19H27NO5/c1-19(11-17(22)23,14-6-4-3-5-7-14)18(24)20-15-8-9-16(25-2)13(10-15)12-21/h8-10,14,21H,3-7,11-12H2,1-2H3,(H,20,24)(H,22,23). The second kappa shape index (κ2) is 8.34. The average molecular weight is 349 g/mol. The molecule has 1 unspecified atom stereocenters. The summed E-state index contributed by atoms with van der Waals surface area (Å²) in [4.78, 5) is 24.3. The highest BCUT2D eigenvalue weighted by atomic mass is 16.5. The second-order valence-electron chi connectivity index (χ2n) is 6.96. The second-order valence-corrected chi connectivity index (χ2v) is 6.96. The van der Waals surface area contributed by atoms with Crippen molar-refractivity contribution in [2.75, 3.05) is 12.4 Å². The first-order valence-corrected chi connectivity index (χ1v) is 8.71. The van der Waals surface area contributed by atoms with Crippen molar-refractivity contribution in [3.63, 3.8) is 0 Å². The van der Waals surface area contributed by atoms with Crippen molar-refractivity contribution in [1.82, 2.24) is 0 Å². The maximum Gasteiger partial charge on any atom is 0.304 e. The highest BCUT2D eigenvalue weighted by Crippen LogP contribution is 2.42. The predicted octanol–water partition coefficient (Wildman–Crippen LogP) is 3.19. The van der Waals surface area contributed by atoms with Crippen molar-refractivity contribution in [2.24, 2.45) is 11.3 Å². The molecule has 0 aromatic heterocycles. The lowest BCUT2D eigenvalue weighted by Crippen LogP contribution is -2.42. The number of hydrogen-bond acceptors (Lipinski definition) is 4. The number of carboxylic acids is 1. The molecule has 2 rings (SSSR count). The van der Waals surface area contributed by atoms with Gasteiger partial charge in [0, 0.05) is 11.3 Å². The fourth-order valence-electron chi connectivity index (χ4n) is 3.72. The van der Waals surface area contributed by atoms with Gasteiger partial charge in [0.25, 0.3) is 0 Å². The van der Waals surface area contributed by atoms with E-state index in [0.29, 0.717) is 17.0 Å². The third-order valence-corrected chi connectivity index (χ3v) is 5.25. The fourth-order valence-corrected chi connectivity index (χ4v) is 3.72. The van der Waals surface area contributed by atoms with Crippen molar-refractivity contribution in [2.45, 2.75) is 52.1 Å². The van der Waals surface area contributed by atoms with Crippen molar-refractivity contribution in [3.8, 4) is 5.75 Å². The molecular formula is C19H27NO5. The maximum atomic E-state index is 13.0. The lowest BCUT2D eigenvalue weighted by molar-refractivity contribution is -0.145. The van der Waals surface area contributed by atoms with Crippen molar-refractivity contribution in [1.29, 1.82) is 0 Å². The van der Waals surface area contributed by atoms with E-state index in [9.17, 15) is 19.8 Å². The molecular weight excluding hydrogens is 322 g/mol. The SMILES string of the molecule is COc1ccc(NC(=O)C(C)(CC(=O)O)C2CCCCC2)cc1CO. The molecule has 0 aliphatic heterocycles. The van der Waals surface area contributed by atoms with Crippen LogP contribution in [-0.4, -0.2) is 29.2 Å². The molecule has 138 valence electrons. The van der Waals surface area contributed by atoms with Crippen LogP contribution in [0.2, 0.25) is 0 Å². The number of aliphatic hydroxyl groups is 1. The van der Waals surface area contributed by atoms with Gasteiger partial charge in [-0.1, -0.05) is 19.3 Å². The number of carbonyl (C=O) groups is 2. The summed E-state index contributed by atoms with van der Waals surface area (Å²) in [6, 6.07) is 5.02. The van der Waals surface area contributed by atoms with E-state index in [-0.39, 0.29) is 24.9 Å². The molecule has 0 saturated heterocycles. The molecule has 1 aliphatic carbocycles. The van der Waals surface area contributed by atoms with Crippen LogP contribution in [0.5, 0.6) is 5.75 Å². The summed E-state index contributed by atoms with van der Waals surface area (Å²) in [5.41, 5.74) is 0.145. The van der Waals surface area contributed by atoms with Crippen molar-refractivity contribution >= 4 is 17.6 Å². The Morgan fingerprint density at radius 2 is 1.96 bits per heavy atom. The smallest absolute Gasteiger partial charge is 0.304 e. The van der Waals surface area contributed by atoms with Gasteiger partial charge in [-0.3, -0.25) is 9.59 Å². The average Bonchev–Trinajstić information content (AvgIpc) is 2.61. The summed E-state index contributed by atoms with van der Waals surface area (Å²) in [6.07, 6.45) is 4.77. The minimum absolute atomic E-state index is 0.0629. The number of hydrogen-bond donors (Lipinski definition) is 3. The van der Waals surface area contributed by atoms with Crippen LogP contribution in [-0.2, 0) is 16.2 Å². The minimum atomic E-state index is -0.964. The number of carboxylic acid groups (broad SMARTS) is 1. The van der Waals surface area contributed by atoms with Gasteiger partial charge in [0.1, 0.15) is 5.75 Å². The van der Waals surface area contributed by atoms with E-state index in [1.807, 2.05) is 0 Å². The van der Waals surface area contributed by atoms with E-state index in [2.05, 4.69) is 5.32 Å². The van der Waals surface area contributed by atoms with Gasteiger partial charge in [-0.2, -0.15) is 0 Å². The number of carbonyl (C=O) groups excluding carboxylic acids is 1. The Labute approximate surface area is 148 Å². The largest absolute Gasteiger partial charge is 0.496 e. The monoisotopic (exact) mass is 349 g/mol. The van der Waals surface area contributed by atoms with Crippen LogP contribution in [0.3, 0.4) is 0 Å². The Balaban J connectivity index is 2.23. The van der Waals surface area contributed by atoms with Crippen LogP contribution in [0.4, 0.5) is 5.69 Å². The van der Waals surface area contributed by atoms with E-state index in [0.717, 1.165) is 32.1 Å². The van der Waals surface area contributed by atoms with Crippen LogP contribution in [0.25, 0.3) is 0 Å². The normalized spacial score (nSPS) is 17.6. The number of rotatable bonds is 7. The summed E-state index contributed by atoms with van der Waals surface area (Å²) in [6.45, 7) is 1.55. The van der Waals surface area contributed by atoms with Crippen molar-refractivity contribution in [3.05, 3.63) is 23.8 Å². The summed E-state index contributed by atoms with van der Waals surface area (Å²) < 4.78 is 5.16.